The van der Waals surface area contributed by atoms with Crippen LogP contribution in [-0.4, -0.2) is 25.8 Å². The molecule has 0 fully saturated rings. The van der Waals surface area contributed by atoms with Crippen molar-refractivity contribution in [3.8, 4) is 35.8 Å². The summed E-state index contributed by atoms with van der Waals surface area (Å²) in [6.07, 6.45) is 6.64. The molecule has 0 heterocycles. The molecule has 0 aliphatic heterocycles. The summed E-state index contributed by atoms with van der Waals surface area (Å²) in [5, 5.41) is 0. The van der Waals surface area contributed by atoms with Gasteiger partial charge in [0.1, 0.15) is 43.5 Å². The SMILES string of the molecule is C=CCOOCCOC(=O)CCc1cc(OC#CN)cc(OC#CN)c1. The monoisotopic (exact) mass is 360 g/mol. The zero-order valence-corrected chi connectivity index (χ0v) is 14.2. The van der Waals surface area contributed by atoms with Gasteiger partial charge in [-0.3, -0.25) is 4.79 Å². The summed E-state index contributed by atoms with van der Waals surface area (Å²) in [6.45, 7) is 3.96. The van der Waals surface area contributed by atoms with E-state index in [1.807, 2.05) is 0 Å². The van der Waals surface area contributed by atoms with Crippen LogP contribution in [0.3, 0.4) is 0 Å². The molecule has 0 saturated heterocycles. The van der Waals surface area contributed by atoms with E-state index in [9.17, 15) is 4.79 Å². The fraction of sp³-hybridized carbons (Fsp3) is 0.278. The number of aryl methyl sites for hydroxylation is 1. The molecule has 0 radical (unpaired) electrons. The number of benzene rings is 1. The number of nitrogens with two attached hydrogens (primary N) is 2. The van der Waals surface area contributed by atoms with E-state index < -0.39 is 0 Å². The van der Waals surface area contributed by atoms with Gasteiger partial charge < -0.3 is 25.7 Å². The number of hydrogen-bond donors (Lipinski definition) is 2. The Balaban J connectivity index is 2.52. The molecule has 8 heteroatoms. The summed E-state index contributed by atoms with van der Waals surface area (Å²) < 4.78 is 15.3. The summed E-state index contributed by atoms with van der Waals surface area (Å²) in [5.41, 5.74) is 10.9. The maximum atomic E-state index is 11.7. The minimum atomic E-state index is -0.380. The van der Waals surface area contributed by atoms with Crippen LogP contribution in [-0.2, 0) is 25.7 Å². The molecule has 1 aromatic carbocycles. The molecule has 8 nitrogen and oxygen atoms in total. The molecule has 1 aromatic rings. The molecule has 138 valence electrons. The Morgan fingerprint density at radius 3 is 2.27 bits per heavy atom. The molecule has 4 N–H and O–H groups in total. The third-order valence-corrected chi connectivity index (χ3v) is 2.71. The van der Waals surface area contributed by atoms with Crippen molar-refractivity contribution in [1.29, 1.82) is 0 Å². The molecule has 0 amide bonds. The van der Waals surface area contributed by atoms with Gasteiger partial charge in [0.25, 0.3) is 0 Å². The third kappa shape index (κ3) is 9.08. The van der Waals surface area contributed by atoms with E-state index in [2.05, 4.69) is 30.9 Å². The second kappa shape index (κ2) is 13.0. The van der Waals surface area contributed by atoms with E-state index in [4.69, 9.17) is 35.5 Å². The predicted octanol–water partition coefficient (Wildman–Crippen LogP) is 0.808. The summed E-state index contributed by atoms with van der Waals surface area (Å²) in [6, 6.07) is 9.22. The van der Waals surface area contributed by atoms with Crippen molar-refractivity contribution in [2.24, 2.45) is 11.5 Å². The van der Waals surface area contributed by atoms with E-state index in [1.165, 1.54) is 0 Å². The highest BCUT2D eigenvalue weighted by molar-refractivity contribution is 5.69. The zero-order chi connectivity index (χ0) is 19.0. The Morgan fingerprint density at radius 2 is 1.69 bits per heavy atom. The summed E-state index contributed by atoms with van der Waals surface area (Å²) in [4.78, 5) is 21.2. The minimum Gasteiger partial charge on any atom is -0.463 e. The van der Waals surface area contributed by atoms with Gasteiger partial charge in [-0.05, 0) is 24.1 Å². The van der Waals surface area contributed by atoms with Crippen molar-refractivity contribution in [3.63, 3.8) is 0 Å². The molecular formula is C18H20N2O6. The zero-order valence-electron chi connectivity index (χ0n) is 14.2. The summed E-state index contributed by atoms with van der Waals surface area (Å²) >= 11 is 0. The van der Waals surface area contributed by atoms with Gasteiger partial charge in [0, 0.05) is 24.6 Å². The lowest BCUT2D eigenvalue weighted by Gasteiger charge is -2.07. The first kappa shape index (κ1) is 20.7. The summed E-state index contributed by atoms with van der Waals surface area (Å²) in [7, 11) is 0. The molecule has 0 unspecified atom stereocenters. The van der Waals surface area contributed by atoms with Crippen LogP contribution in [0.15, 0.2) is 30.9 Å². The second-order valence-electron chi connectivity index (χ2n) is 4.63. The van der Waals surface area contributed by atoms with Gasteiger partial charge in [0.05, 0.1) is 0 Å². The average molecular weight is 360 g/mol. The Kier molecular flexibility index (Phi) is 10.4. The Hall–Kier alpha value is -3.33. The topological polar surface area (TPSA) is 115 Å². The lowest BCUT2D eigenvalue weighted by Crippen LogP contribution is -2.11. The van der Waals surface area contributed by atoms with Gasteiger partial charge in [-0.25, -0.2) is 9.78 Å². The summed E-state index contributed by atoms with van der Waals surface area (Å²) in [5.74, 6) is 0.417. The fourth-order valence-corrected chi connectivity index (χ4v) is 1.73. The molecule has 1 rings (SSSR count). The van der Waals surface area contributed by atoms with Crippen LogP contribution in [0.1, 0.15) is 12.0 Å². The van der Waals surface area contributed by atoms with Crippen molar-refractivity contribution < 1.29 is 28.8 Å². The predicted molar refractivity (Wildman–Crippen MR) is 93.0 cm³/mol. The third-order valence-electron chi connectivity index (χ3n) is 2.71. The average Bonchev–Trinajstić information content (AvgIpc) is 2.65. The van der Waals surface area contributed by atoms with Crippen molar-refractivity contribution in [1.82, 2.24) is 0 Å². The number of carbonyl (C=O) groups excluding carboxylic acids is 1. The molecule has 0 bridgehead atoms. The van der Waals surface area contributed by atoms with Crippen LogP contribution in [0.2, 0.25) is 0 Å². The first-order valence-electron chi connectivity index (χ1n) is 7.59. The largest absolute Gasteiger partial charge is 0.463 e. The quantitative estimate of drug-likeness (QED) is 0.113. The smallest absolute Gasteiger partial charge is 0.306 e. The van der Waals surface area contributed by atoms with Gasteiger partial charge in [-0.15, -0.1) is 6.58 Å². The normalized spacial score (nSPS) is 9.08. The van der Waals surface area contributed by atoms with E-state index >= 15 is 0 Å². The maximum absolute atomic E-state index is 11.7. The molecule has 0 saturated carbocycles. The van der Waals surface area contributed by atoms with E-state index in [0.29, 0.717) is 17.9 Å². The maximum Gasteiger partial charge on any atom is 0.306 e. The Bertz CT molecular complexity index is 672. The first-order valence-corrected chi connectivity index (χ1v) is 7.59. The van der Waals surface area contributed by atoms with Crippen LogP contribution in [0.25, 0.3) is 0 Å². The Labute approximate surface area is 151 Å². The van der Waals surface area contributed by atoms with Gasteiger partial charge in [-0.2, -0.15) is 0 Å². The van der Waals surface area contributed by atoms with Crippen molar-refractivity contribution in [3.05, 3.63) is 36.4 Å². The molecular weight excluding hydrogens is 340 g/mol. The number of carbonyl (C=O) groups is 1. The van der Waals surface area contributed by atoms with Crippen LogP contribution in [0.5, 0.6) is 11.5 Å². The highest BCUT2D eigenvalue weighted by Crippen LogP contribution is 2.23. The number of rotatable bonds is 11. The fourth-order valence-electron chi connectivity index (χ4n) is 1.73. The second-order valence-corrected chi connectivity index (χ2v) is 4.63. The van der Waals surface area contributed by atoms with E-state index in [0.717, 1.165) is 5.56 Å². The lowest BCUT2D eigenvalue weighted by molar-refractivity contribution is -0.290. The molecule has 0 atom stereocenters. The van der Waals surface area contributed by atoms with Crippen LogP contribution in [0.4, 0.5) is 0 Å². The lowest BCUT2D eigenvalue weighted by atomic mass is 10.1. The van der Waals surface area contributed by atoms with Gasteiger partial charge >= 0.3 is 5.97 Å². The molecule has 26 heavy (non-hydrogen) atoms. The van der Waals surface area contributed by atoms with E-state index in [-0.39, 0.29) is 32.2 Å². The van der Waals surface area contributed by atoms with Gasteiger partial charge in [-0.1, -0.05) is 6.08 Å². The number of hydrogen-bond acceptors (Lipinski definition) is 8. The van der Waals surface area contributed by atoms with Crippen LogP contribution in [0, 0.1) is 24.3 Å². The van der Waals surface area contributed by atoms with Crippen molar-refractivity contribution >= 4 is 5.97 Å². The number of ether oxygens (including phenoxy) is 3. The van der Waals surface area contributed by atoms with Gasteiger partial charge in [0.15, 0.2) is 0 Å². The molecule has 0 aliphatic carbocycles. The van der Waals surface area contributed by atoms with Crippen molar-refractivity contribution in [2.45, 2.75) is 12.8 Å². The Morgan fingerprint density at radius 1 is 1.04 bits per heavy atom. The van der Waals surface area contributed by atoms with E-state index in [1.54, 1.807) is 24.3 Å². The highest BCUT2D eigenvalue weighted by Gasteiger charge is 2.08. The van der Waals surface area contributed by atoms with Gasteiger partial charge in [0.2, 0.25) is 0 Å². The van der Waals surface area contributed by atoms with Crippen LogP contribution < -0.4 is 20.9 Å². The highest BCUT2D eigenvalue weighted by atomic mass is 17.2. The minimum absolute atomic E-state index is 0.0890. The van der Waals surface area contributed by atoms with Crippen LogP contribution >= 0.6 is 0 Å². The first-order chi connectivity index (χ1) is 12.7. The molecule has 0 aromatic heterocycles. The number of esters is 1. The van der Waals surface area contributed by atoms with Crippen molar-refractivity contribution in [2.75, 3.05) is 19.8 Å². The molecule has 0 aliphatic rings. The standard InChI is InChI=1S/C18H20N2O6/c1-2-7-25-26-11-10-24-18(21)4-3-15-12-16(22-8-5-19)14-17(13-15)23-9-6-20/h2,12-14H,1,3-4,7,10-11,19-20H2. The molecule has 0 spiro atoms.